The van der Waals surface area contributed by atoms with Gasteiger partial charge in [-0.15, -0.1) is 0 Å². The van der Waals surface area contributed by atoms with Crippen molar-refractivity contribution in [2.75, 3.05) is 7.11 Å². The van der Waals surface area contributed by atoms with Crippen LogP contribution in [0.3, 0.4) is 0 Å². The van der Waals surface area contributed by atoms with Crippen LogP contribution >= 0.6 is 15.9 Å². The smallest absolute Gasteiger partial charge is 0.137 e. The molecule has 21 heavy (non-hydrogen) atoms. The minimum atomic E-state index is -0.542. The van der Waals surface area contributed by atoms with Gasteiger partial charge in [0.1, 0.15) is 17.4 Å². The molecular weight excluding hydrogens is 342 g/mol. The van der Waals surface area contributed by atoms with Crippen LogP contribution in [0.15, 0.2) is 40.9 Å². The molecule has 1 atom stereocenters. The zero-order chi connectivity index (χ0) is 15.4. The maximum Gasteiger partial charge on any atom is 0.137 e. The fraction of sp³-hybridized carbons (Fsp3) is 0.200. The van der Waals surface area contributed by atoms with E-state index in [-0.39, 0.29) is 5.82 Å². The number of ether oxygens (including phenoxy) is 1. The third kappa shape index (κ3) is 3.40. The fourth-order valence-corrected chi connectivity index (χ4v) is 2.63. The molecule has 0 fully saturated rings. The summed E-state index contributed by atoms with van der Waals surface area (Å²) in [4.78, 5) is 0. The summed E-state index contributed by atoms with van der Waals surface area (Å²) < 4.78 is 33.2. The Labute approximate surface area is 130 Å². The van der Waals surface area contributed by atoms with E-state index < -0.39 is 11.9 Å². The Morgan fingerprint density at radius 1 is 1.19 bits per heavy atom. The summed E-state index contributed by atoms with van der Waals surface area (Å²) in [6.07, 6.45) is 0.312. The van der Waals surface area contributed by atoms with E-state index in [1.807, 2.05) is 0 Å². The Morgan fingerprint density at radius 2 is 1.86 bits per heavy atom. The third-order valence-electron chi connectivity index (χ3n) is 3.24. The molecule has 1 unspecified atom stereocenters. The van der Waals surface area contributed by atoms with Crippen LogP contribution in [0.1, 0.15) is 17.2 Å². The molecule has 0 spiro atoms. The maximum atomic E-state index is 14.1. The lowest BCUT2D eigenvalue weighted by molar-refractivity contribution is 0.390. The summed E-state index contributed by atoms with van der Waals surface area (Å²) in [6, 6.07) is 8.71. The van der Waals surface area contributed by atoms with Gasteiger partial charge in [0.25, 0.3) is 0 Å². The quantitative estimate of drug-likeness (QED) is 0.636. The Morgan fingerprint density at radius 3 is 2.52 bits per heavy atom. The Hall–Kier alpha value is -1.50. The fourth-order valence-electron chi connectivity index (χ4n) is 2.20. The molecule has 0 heterocycles. The Balaban J connectivity index is 2.39. The number of halogens is 3. The molecule has 6 heteroatoms. The summed E-state index contributed by atoms with van der Waals surface area (Å²) in [6.45, 7) is 0. The average Bonchev–Trinajstić information content (AvgIpc) is 2.49. The summed E-state index contributed by atoms with van der Waals surface area (Å²) in [5.41, 5.74) is 3.57. The van der Waals surface area contributed by atoms with E-state index in [4.69, 9.17) is 10.6 Å². The van der Waals surface area contributed by atoms with Gasteiger partial charge < -0.3 is 4.74 Å². The number of hydrogen-bond acceptors (Lipinski definition) is 3. The molecule has 0 bridgehead atoms. The van der Waals surface area contributed by atoms with Crippen molar-refractivity contribution in [1.29, 1.82) is 0 Å². The third-order valence-corrected chi connectivity index (χ3v) is 4.13. The van der Waals surface area contributed by atoms with Gasteiger partial charge in [-0.25, -0.2) is 8.78 Å². The Kier molecular flexibility index (Phi) is 5.27. The van der Waals surface area contributed by atoms with Crippen molar-refractivity contribution in [3.05, 3.63) is 63.6 Å². The van der Waals surface area contributed by atoms with E-state index in [1.54, 1.807) is 24.3 Å². The lowest BCUT2D eigenvalue weighted by atomic mass is 9.98. The van der Waals surface area contributed by atoms with Crippen LogP contribution in [-0.4, -0.2) is 7.11 Å². The SMILES string of the molecule is COc1cccc(F)c1C(Cc1cccc(F)c1Br)NN. The normalized spacial score (nSPS) is 12.2. The van der Waals surface area contributed by atoms with Gasteiger partial charge in [-0.3, -0.25) is 11.3 Å². The van der Waals surface area contributed by atoms with Crippen molar-refractivity contribution in [2.45, 2.75) is 12.5 Å². The van der Waals surface area contributed by atoms with E-state index in [1.165, 1.54) is 19.2 Å². The second-order valence-electron chi connectivity index (χ2n) is 4.49. The highest BCUT2D eigenvalue weighted by Gasteiger charge is 2.21. The molecule has 3 N–H and O–H groups in total. The van der Waals surface area contributed by atoms with Crippen LogP contribution < -0.4 is 16.0 Å². The van der Waals surface area contributed by atoms with Gasteiger partial charge in [-0.2, -0.15) is 0 Å². The minimum Gasteiger partial charge on any atom is -0.496 e. The van der Waals surface area contributed by atoms with E-state index in [2.05, 4.69) is 21.4 Å². The van der Waals surface area contributed by atoms with Crippen molar-refractivity contribution in [2.24, 2.45) is 5.84 Å². The lowest BCUT2D eigenvalue weighted by Gasteiger charge is -2.20. The number of nitrogens with two attached hydrogens (primary N) is 1. The first kappa shape index (κ1) is 15.9. The topological polar surface area (TPSA) is 47.3 Å². The van der Waals surface area contributed by atoms with Crippen LogP contribution in [0.25, 0.3) is 0 Å². The molecule has 0 aliphatic rings. The molecule has 0 radical (unpaired) electrons. The first-order chi connectivity index (χ1) is 10.1. The van der Waals surface area contributed by atoms with Crippen molar-refractivity contribution in [1.82, 2.24) is 5.43 Å². The van der Waals surface area contributed by atoms with Crippen LogP contribution in [0.2, 0.25) is 0 Å². The van der Waals surface area contributed by atoms with E-state index in [0.29, 0.717) is 27.8 Å². The molecule has 112 valence electrons. The van der Waals surface area contributed by atoms with Gasteiger partial charge in [0, 0.05) is 5.56 Å². The molecule has 2 rings (SSSR count). The predicted molar refractivity (Wildman–Crippen MR) is 80.8 cm³/mol. The molecule has 0 aliphatic heterocycles. The Bertz CT molecular complexity index is 637. The number of rotatable bonds is 5. The second-order valence-corrected chi connectivity index (χ2v) is 5.29. The number of hydrazine groups is 1. The number of hydrogen-bond donors (Lipinski definition) is 2. The largest absolute Gasteiger partial charge is 0.496 e. The molecule has 0 amide bonds. The summed E-state index contributed by atoms with van der Waals surface area (Å²) >= 11 is 3.20. The first-order valence-electron chi connectivity index (χ1n) is 6.30. The molecule has 2 aromatic carbocycles. The van der Waals surface area contributed by atoms with Crippen LogP contribution in [0.5, 0.6) is 5.75 Å². The van der Waals surface area contributed by atoms with Gasteiger partial charge in [-0.1, -0.05) is 18.2 Å². The summed E-state index contributed by atoms with van der Waals surface area (Å²) in [5, 5.41) is 0. The summed E-state index contributed by atoms with van der Waals surface area (Å²) in [7, 11) is 1.46. The number of benzene rings is 2. The lowest BCUT2D eigenvalue weighted by Crippen LogP contribution is -2.30. The van der Waals surface area contributed by atoms with Crippen molar-refractivity contribution < 1.29 is 13.5 Å². The van der Waals surface area contributed by atoms with Gasteiger partial charge >= 0.3 is 0 Å². The highest BCUT2D eigenvalue weighted by molar-refractivity contribution is 9.10. The van der Waals surface area contributed by atoms with E-state index in [0.717, 1.165) is 0 Å². The zero-order valence-electron chi connectivity index (χ0n) is 11.4. The van der Waals surface area contributed by atoms with Gasteiger partial charge in [0.05, 0.1) is 17.6 Å². The second kappa shape index (κ2) is 6.98. The molecule has 2 aromatic rings. The highest BCUT2D eigenvalue weighted by Crippen LogP contribution is 2.32. The minimum absolute atomic E-state index is 0.312. The molecule has 3 nitrogen and oxygen atoms in total. The zero-order valence-corrected chi connectivity index (χ0v) is 13.0. The highest BCUT2D eigenvalue weighted by atomic mass is 79.9. The van der Waals surface area contributed by atoms with E-state index in [9.17, 15) is 8.78 Å². The molecule has 0 aromatic heterocycles. The molecular formula is C15H15BrF2N2O. The van der Waals surface area contributed by atoms with Crippen LogP contribution in [0, 0.1) is 11.6 Å². The molecule has 0 saturated carbocycles. The number of nitrogens with one attached hydrogen (secondary N) is 1. The van der Waals surface area contributed by atoms with Crippen LogP contribution in [0.4, 0.5) is 8.78 Å². The van der Waals surface area contributed by atoms with Gasteiger partial charge in [-0.05, 0) is 46.1 Å². The van der Waals surface area contributed by atoms with Crippen LogP contribution in [-0.2, 0) is 6.42 Å². The van der Waals surface area contributed by atoms with Crippen molar-refractivity contribution in [3.8, 4) is 5.75 Å². The average molecular weight is 357 g/mol. The predicted octanol–water partition coefficient (Wildman–Crippen LogP) is 3.48. The molecule has 0 aliphatic carbocycles. The number of methoxy groups -OCH3 is 1. The van der Waals surface area contributed by atoms with Crippen molar-refractivity contribution in [3.63, 3.8) is 0 Å². The van der Waals surface area contributed by atoms with Gasteiger partial charge in [0.15, 0.2) is 0 Å². The van der Waals surface area contributed by atoms with Crippen molar-refractivity contribution >= 4 is 15.9 Å². The van der Waals surface area contributed by atoms with E-state index >= 15 is 0 Å². The standard InChI is InChI=1S/C15H15BrF2N2O/c1-21-13-7-3-5-10(17)14(13)12(20-19)8-9-4-2-6-11(18)15(9)16/h2-7,12,20H,8,19H2,1H3. The molecule has 0 saturated heterocycles. The first-order valence-corrected chi connectivity index (χ1v) is 7.09. The maximum absolute atomic E-state index is 14.1. The summed E-state index contributed by atoms with van der Waals surface area (Å²) in [5.74, 6) is 5.15. The monoisotopic (exact) mass is 356 g/mol. The van der Waals surface area contributed by atoms with Gasteiger partial charge in [0.2, 0.25) is 0 Å².